The van der Waals surface area contributed by atoms with Gasteiger partial charge in [0.25, 0.3) is 0 Å². The van der Waals surface area contributed by atoms with E-state index in [0.29, 0.717) is 46.0 Å². The molecule has 32 heavy (non-hydrogen) atoms. The minimum Gasteiger partial charge on any atom is -0.374 e. The second-order valence-electron chi connectivity index (χ2n) is 8.00. The number of ether oxygens (including phenoxy) is 1. The molecule has 4 aromatic rings. The normalized spacial score (nSPS) is 18.9. The molecule has 166 valence electrons. The van der Waals surface area contributed by atoms with Crippen molar-refractivity contribution in [1.82, 2.24) is 24.6 Å². The van der Waals surface area contributed by atoms with E-state index in [4.69, 9.17) is 4.74 Å². The van der Waals surface area contributed by atoms with Crippen molar-refractivity contribution in [3.63, 3.8) is 0 Å². The summed E-state index contributed by atoms with van der Waals surface area (Å²) in [5.74, 6) is -1.05. The van der Waals surface area contributed by atoms with Crippen LogP contribution in [0.4, 0.5) is 14.6 Å². The van der Waals surface area contributed by atoms with Gasteiger partial charge in [-0.25, -0.2) is 13.8 Å². The lowest BCUT2D eigenvalue weighted by Crippen LogP contribution is -2.15. The number of imidazole rings is 1. The second-order valence-corrected chi connectivity index (χ2v) is 8.00. The van der Waals surface area contributed by atoms with Gasteiger partial charge in [-0.1, -0.05) is 0 Å². The van der Waals surface area contributed by atoms with E-state index in [1.54, 1.807) is 43.0 Å². The summed E-state index contributed by atoms with van der Waals surface area (Å²) in [4.78, 5) is 20.8. The van der Waals surface area contributed by atoms with Crippen LogP contribution >= 0.6 is 0 Å². The fourth-order valence-corrected chi connectivity index (χ4v) is 4.09. The number of anilines is 1. The van der Waals surface area contributed by atoms with E-state index in [-0.39, 0.29) is 18.1 Å². The molecule has 1 aliphatic carbocycles. The monoisotopic (exact) mass is 440 g/mol. The number of halogens is 2. The Balaban J connectivity index is 1.57. The van der Waals surface area contributed by atoms with Crippen molar-refractivity contribution in [3.8, 4) is 11.3 Å². The number of nitrogens with one attached hydrogen (secondary N) is 2. The first kappa shape index (κ1) is 20.5. The van der Waals surface area contributed by atoms with Crippen molar-refractivity contribution in [3.05, 3.63) is 41.7 Å². The summed E-state index contributed by atoms with van der Waals surface area (Å²) in [7, 11) is 0. The van der Waals surface area contributed by atoms with Crippen LogP contribution in [0, 0.1) is 18.7 Å². The Morgan fingerprint density at radius 2 is 2.19 bits per heavy atom. The van der Waals surface area contributed by atoms with Crippen LogP contribution in [0.25, 0.3) is 27.8 Å². The van der Waals surface area contributed by atoms with Gasteiger partial charge in [0.1, 0.15) is 12.0 Å². The molecule has 3 heterocycles. The Bertz CT molecular complexity index is 1350. The third-order valence-corrected chi connectivity index (χ3v) is 5.84. The number of hydrogen-bond acceptors (Lipinski definition) is 5. The molecular weight excluding hydrogens is 418 g/mol. The van der Waals surface area contributed by atoms with Crippen molar-refractivity contribution >= 4 is 28.3 Å². The number of rotatable bonds is 6. The van der Waals surface area contributed by atoms with Gasteiger partial charge in [0, 0.05) is 29.3 Å². The number of H-pyrrole nitrogens is 1. The van der Waals surface area contributed by atoms with Crippen LogP contribution < -0.4 is 5.32 Å². The summed E-state index contributed by atoms with van der Waals surface area (Å²) in [5, 5.41) is 10.4. The highest BCUT2D eigenvalue weighted by Gasteiger charge is 2.43. The minimum absolute atomic E-state index is 0.244. The molecule has 0 bridgehead atoms. The number of carbonyl (C=O) groups is 1. The molecule has 3 aromatic heterocycles. The average Bonchev–Trinajstić information content (AvgIpc) is 3.12. The highest BCUT2D eigenvalue weighted by molar-refractivity contribution is 5.97. The topological polar surface area (TPSA) is 97.2 Å². The minimum atomic E-state index is -1.08. The maximum absolute atomic E-state index is 15.5. The third kappa shape index (κ3) is 3.31. The number of fused-ring (bicyclic) bond motifs is 2. The van der Waals surface area contributed by atoms with Gasteiger partial charge in [0.2, 0.25) is 5.91 Å². The van der Waals surface area contributed by atoms with E-state index < -0.39 is 18.2 Å². The predicted molar refractivity (Wildman–Crippen MR) is 114 cm³/mol. The van der Waals surface area contributed by atoms with Crippen molar-refractivity contribution in [2.24, 2.45) is 5.92 Å². The van der Waals surface area contributed by atoms with Crippen LogP contribution in [0.5, 0.6) is 0 Å². The highest BCUT2D eigenvalue weighted by atomic mass is 19.1. The molecule has 0 radical (unpaired) electrons. The largest absolute Gasteiger partial charge is 0.374 e. The Hall–Kier alpha value is -3.40. The maximum atomic E-state index is 15.5. The van der Waals surface area contributed by atoms with Gasteiger partial charge in [-0.2, -0.15) is 5.10 Å². The second kappa shape index (κ2) is 7.63. The van der Waals surface area contributed by atoms with Crippen molar-refractivity contribution in [2.75, 3.05) is 11.9 Å². The molecular formula is C22H22F2N6O2. The van der Waals surface area contributed by atoms with Gasteiger partial charge < -0.3 is 14.5 Å². The van der Waals surface area contributed by atoms with Crippen LogP contribution in [-0.4, -0.2) is 43.3 Å². The van der Waals surface area contributed by atoms with E-state index in [2.05, 4.69) is 25.5 Å². The number of nitrogens with zero attached hydrogens (tertiary/aromatic N) is 4. The Kier molecular flexibility index (Phi) is 4.89. The Morgan fingerprint density at radius 1 is 1.41 bits per heavy atom. The molecule has 2 N–H and O–H groups in total. The van der Waals surface area contributed by atoms with Gasteiger partial charge in [-0.3, -0.25) is 14.9 Å². The van der Waals surface area contributed by atoms with Crippen LogP contribution in [-0.2, 0) is 9.53 Å². The van der Waals surface area contributed by atoms with E-state index in [1.807, 2.05) is 6.92 Å². The number of alkyl halides is 1. The zero-order chi connectivity index (χ0) is 22.6. The molecule has 1 aliphatic rings. The van der Waals surface area contributed by atoms with E-state index in [0.717, 1.165) is 5.39 Å². The molecule has 10 heteroatoms. The van der Waals surface area contributed by atoms with Gasteiger partial charge in [0.15, 0.2) is 11.5 Å². The van der Waals surface area contributed by atoms with Crippen LogP contribution in [0.1, 0.15) is 37.5 Å². The molecule has 0 saturated heterocycles. The predicted octanol–water partition coefficient (Wildman–Crippen LogP) is 4.11. The number of hydrogen-bond donors (Lipinski definition) is 2. The molecule has 1 fully saturated rings. The number of aromatic amines is 1. The molecule has 0 spiro atoms. The van der Waals surface area contributed by atoms with Gasteiger partial charge in [0.05, 0.1) is 41.8 Å². The lowest BCUT2D eigenvalue weighted by molar-refractivity contribution is -0.117. The Labute approximate surface area is 182 Å². The van der Waals surface area contributed by atoms with Crippen molar-refractivity contribution in [1.29, 1.82) is 0 Å². The first-order valence-electron chi connectivity index (χ1n) is 10.5. The summed E-state index contributed by atoms with van der Waals surface area (Å²) in [6.07, 6.45) is 5.25. The summed E-state index contributed by atoms with van der Waals surface area (Å²) in [6.45, 7) is 5.83. The smallest absolute Gasteiger partial charge is 0.231 e. The molecule has 0 aliphatic heterocycles. The summed E-state index contributed by atoms with van der Waals surface area (Å²) in [6, 6.07) is 0. The molecule has 5 rings (SSSR count). The summed E-state index contributed by atoms with van der Waals surface area (Å²) < 4.78 is 35.9. The van der Waals surface area contributed by atoms with Gasteiger partial charge in [-0.05, 0) is 32.8 Å². The maximum Gasteiger partial charge on any atom is 0.231 e. The third-order valence-electron chi connectivity index (χ3n) is 5.84. The first-order chi connectivity index (χ1) is 15.4. The fraction of sp³-hybridized carbons (Fsp3) is 0.364. The quantitative estimate of drug-likeness (QED) is 0.470. The zero-order valence-corrected chi connectivity index (χ0v) is 17.8. The fourth-order valence-electron chi connectivity index (χ4n) is 4.09. The average molecular weight is 440 g/mol. The van der Waals surface area contributed by atoms with Crippen molar-refractivity contribution < 1.29 is 18.3 Å². The molecule has 1 saturated carbocycles. The first-order valence-corrected chi connectivity index (χ1v) is 10.5. The number of aromatic nitrogens is 5. The molecule has 1 aromatic carbocycles. The lowest BCUT2D eigenvalue weighted by Gasteiger charge is -2.18. The van der Waals surface area contributed by atoms with Crippen LogP contribution in [0.15, 0.2) is 24.8 Å². The number of benzene rings is 1. The van der Waals surface area contributed by atoms with Crippen molar-refractivity contribution in [2.45, 2.75) is 39.5 Å². The van der Waals surface area contributed by atoms with Crippen LogP contribution in [0.2, 0.25) is 0 Å². The molecule has 3 unspecified atom stereocenters. The summed E-state index contributed by atoms with van der Waals surface area (Å²) >= 11 is 0. The van der Waals surface area contributed by atoms with E-state index >= 15 is 4.39 Å². The molecule has 1 amide bonds. The molecule has 8 nitrogen and oxygen atoms in total. The Morgan fingerprint density at radius 3 is 2.91 bits per heavy atom. The number of amides is 1. The zero-order valence-electron chi connectivity index (χ0n) is 17.8. The molecule has 3 atom stereocenters. The summed E-state index contributed by atoms with van der Waals surface area (Å²) in [5.41, 5.74) is 3.06. The number of carbonyl (C=O) groups excluding carboxylic acids is 1. The van der Waals surface area contributed by atoms with Gasteiger partial charge in [-0.15, -0.1) is 0 Å². The SMILES string of the molecule is CCOC(C)c1c(F)c(C)c(-c2cn3cc(NC(=O)C4CC4F)nc3cn2)c2cn[nH]c12. The van der Waals surface area contributed by atoms with Crippen LogP contribution in [0.3, 0.4) is 0 Å². The lowest BCUT2D eigenvalue weighted by atomic mass is 9.95. The highest BCUT2D eigenvalue weighted by Crippen LogP contribution is 2.38. The van der Waals surface area contributed by atoms with Gasteiger partial charge >= 0.3 is 0 Å². The standard InChI is InChI=1S/C22H22F2N6O2/c1-4-32-11(3)19-20(24)10(2)18(13-6-26-29-21(13)19)15-8-30-9-16(27-17(30)7-25-15)28-22(31)12-5-14(12)23/h6-9,11-12,14H,4-5H2,1-3H3,(H,26,29)(H,28,31). The van der Waals surface area contributed by atoms with E-state index in [1.165, 1.54) is 0 Å². The van der Waals surface area contributed by atoms with E-state index in [9.17, 15) is 9.18 Å².